The van der Waals surface area contributed by atoms with Crippen molar-refractivity contribution in [3.05, 3.63) is 28.8 Å². The Hall–Kier alpha value is -0.797. The van der Waals surface area contributed by atoms with Crippen molar-refractivity contribution in [3.63, 3.8) is 0 Å². The van der Waals surface area contributed by atoms with Gasteiger partial charge < -0.3 is 0 Å². The third kappa shape index (κ3) is 3.33. The SMILES string of the molecule is CC(=O)c1ccc(S)c(C(C)=O)c1C(C)=O.[Zn]. The molecule has 0 saturated heterocycles. The van der Waals surface area contributed by atoms with Gasteiger partial charge in [-0.2, -0.15) is 0 Å². The summed E-state index contributed by atoms with van der Waals surface area (Å²) in [6, 6.07) is 3.08. The van der Waals surface area contributed by atoms with Crippen LogP contribution in [-0.4, -0.2) is 17.3 Å². The van der Waals surface area contributed by atoms with Gasteiger partial charge in [-0.1, -0.05) is 0 Å². The van der Waals surface area contributed by atoms with Crippen LogP contribution in [0.4, 0.5) is 0 Å². The molecule has 3 nitrogen and oxygen atoms in total. The van der Waals surface area contributed by atoms with Crippen LogP contribution in [0.1, 0.15) is 51.8 Å². The summed E-state index contributed by atoms with van der Waals surface area (Å²) in [4.78, 5) is 34.8. The molecule has 0 aliphatic heterocycles. The van der Waals surface area contributed by atoms with Crippen LogP contribution >= 0.6 is 12.6 Å². The molecule has 5 heteroatoms. The van der Waals surface area contributed by atoms with Crippen molar-refractivity contribution in [1.82, 2.24) is 0 Å². The van der Waals surface area contributed by atoms with Gasteiger partial charge in [-0.25, -0.2) is 0 Å². The molecule has 0 unspecified atom stereocenters. The third-order valence-corrected chi connectivity index (χ3v) is 2.64. The normalized spacial score (nSPS) is 9.41. The summed E-state index contributed by atoms with van der Waals surface area (Å²) in [7, 11) is 0. The maximum absolute atomic E-state index is 11.5. The molecule has 0 bridgehead atoms. The van der Waals surface area contributed by atoms with Crippen molar-refractivity contribution in [1.29, 1.82) is 0 Å². The molecule has 17 heavy (non-hydrogen) atoms. The number of hydrogen-bond donors (Lipinski definition) is 1. The van der Waals surface area contributed by atoms with Gasteiger partial charge in [0.25, 0.3) is 0 Å². The smallest absolute Gasteiger partial charge is 0.161 e. The zero-order chi connectivity index (χ0) is 12.5. The van der Waals surface area contributed by atoms with E-state index in [-0.39, 0.29) is 53.5 Å². The Kier molecular flexibility index (Phi) is 5.93. The summed E-state index contributed by atoms with van der Waals surface area (Å²) in [6.45, 7) is 4.05. The molecular formula is C12H12O3SZn. The van der Waals surface area contributed by atoms with E-state index in [1.807, 2.05) is 0 Å². The molecule has 0 saturated carbocycles. The summed E-state index contributed by atoms with van der Waals surface area (Å²) < 4.78 is 0. The Morgan fingerprint density at radius 2 is 1.35 bits per heavy atom. The van der Waals surface area contributed by atoms with Crippen LogP contribution in [0.5, 0.6) is 0 Å². The van der Waals surface area contributed by atoms with Crippen LogP contribution < -0.4 is 0 Å². The topological polar surface area (TPSA) is 51.2 Å². The first-order valence-electron chi connectivity index (χ1n) is 4.75. The zero-order valence-corrected chi connectivity index (χ0v) is 13.9. The van der Waals surface area contributed by atoms with Gasteiger partial charge in [0, 0.05) is 41.1 Å². The van der Waals surface area contributed by atoms with Gasteiger partial charge in [0.1, 0.15) is 0 Å². The Morgan fingerprint density at radius 1 is 0.882 bits per heavy atom. The van der Waals surface area contributed by atoms with Gasteiger partial charge in [-0.05, 0) is 32.9 Å². The number of thiol groups is 1. The van der Waals surface area contributed by atoms with E-state index in [4.69, 9.17) is 0 Å². The molecule has 0 amide bonds. The fourth-order valence-electron chi connectivity index (χ4n) is 1.61. The van der Waals surface area contributed by atoms with Crippen LogP contribution in [0, 0.1) is 0 Å². The predicted octanol–water partition coefficient (Wildman–Crippen LogP) is 2.58. The van der Waals surface area contributed by atoms with E-state index in [0.29, 0.717) is 4.90 Å². The average molecular weight is 302 g/mol. The van der Waals surface area contributed by atoms with E-state index in [0.717, 1.165) is 0 Å². The number of carbonyl (C=O) groups excluding carboxylic acids is 3. The Labute approximate surface area is 118 Å². The summed E-state index contributed by atoms with van der Waals surface area (Å²) in [5.74, 6) is -0.800. The van der Waals surface area contributed by atoms with Gasteiger partial charge in [0.15, 0.2) is 17.3 Å². The number of ketones is 3. The van der Waals surface area contributed by atoms with E-state index in [1.54, 1.807) is 6.07 Å². The van der Waals surface area contributed by atoms with Crippen LogP contribution in [0.25, 0.3) is 0 Å². The van der Waals surface area contributed by atoms with Crippen molar-refractivity contribution in [2.75, 3.05) is 0 Å². The Bertz CT molecular complexity index is 495. The molecule has 86 valence electrons. The van der Waals surface area contributed by atoms with Crippen molar-refractivity contribution < 1.29 is 33.9 Å². The molecule has 1 aromatic rings. The third-order valence-electron chi connectivity index (χ3n) is 2.27. The van der Waals surface area contributed by atoms with Gasteiger partial charge in [-0.15, -0.1) is 12.6 Å². The second-order valence-corrected chi connectivity index (χ2v) is 4.03. The average Bonchev–Trinajstić information content (AvgIpc) is 2.15. The number of rotatable bonds is 3. The Morgan fingerprint density at radius 3 is 1.71 bits per heavy atom. The molecule has 0 aromatic heterocycles. The quantitative estimate of drug-likeness (QED) is 0.530. The fraction of sp³-hybridized carbons (Fsp3) is 0.250. The van der Waals surface area contributed by atoms with Crippen molar-refractivity contribution in [2.24, 2.45) is 0 Å². The van der Waals surface area contributed by atoms with Crippen molar-refractivity contribution in [3.8, 4) is 0 Å². The number of benzene rings is 1. The predicted molar refractivity (Wildman–Crippen MR) is 63.7 cm³/mol. The minimum atomic E-state index is -0.300. The molecule has 0 atom stereocenters. The summed E-state index contributed by atoms with van der Waals surface area (Å²) >= 11 is 4.13. The maximum Gasteiger partial charge on any atom is 0.161 e. The molecule has 0 N–H and O–H groups in total. The first kappa shape index (κ1) is 16.2. The van der Waals surface area contributed by atoms with Gasteiger partial charge in [-0.3, -0.25) is 14.4 Å². The number of hydrogen-bond acceptors (Lipinski definition) is 4. The molecule has 0 spiro atoms. The molecule has 0 aliphatic rings. The standard InChI is InChI=1S/C12H12O3S.Zn/c1-6(13)9-4-5-10(16)12(8(3)15)11(9)7(2)14;/h4-5,16H,1-3H3;. The monoisotopic (exact) mass is 300 g/mol. The number of carbonyl (C=O) groups is 3. The first-order valence-corrected chi connectivity index (χ1v) is 5.19. The van der Waals surface area contributed by atoms with Gasteiger partial charge in [0.2, 0.25) is 0 Å². The van der Waals surface area contributed by atoms with E-state index in [2.05, 4.69) is 12.6 Å². The van der Waals surface area contributed by atoms with Crippen LogP contribution in [0.15, 0.2) is 17.0 Å². The van der Waals surface area contributed by atoms with Crippen LogP contribution in [0.3, 0.4) is 0 Å². The van der Waals surface area contributed by atoms with E-state index in [1.165, 1.54) is 26.8 Å². The molecule has 0 radical (unpaired) electrons. The largest absolute Gasteiger partial charge is 0.294 e. The van der Waals surface area contributed by atoms with E-state index < -0.39 is 0 Å². The zero-order valence-electron chi connectivity index (χ0n) is 10.0. The van der Waals surface area contributed by atoms with Crippen LogP contribution in [-0.2, 0) is 19.5 Å². The van der Waals surface area contributed by atoms with E-state index in [9.17, 15) is 14.4 Å². The molecule has 1 rings (SSSR count). The fourth-order valence-corrected chi connectivity index (χ4v) is 1.95. The molecule has 0 heterocycles. The second kappa shape index (κ2) is 6.22. The van der Waals surface area contributed by atoms with Gasteiger partial charge in [0.05, 0.1) is 0 Å². The van der Waals surface area contributed by atoms with Crippen molar-refractivity contribution >= 4 is 30.0 Å². The minimum Gasteiger partial charge on any atom is -0.294 e. The Balaban J connectivity index is 0.00000256. The van der Waals surface area contributed by atoms with Crippen molar-refractivity contribution in [2.45, 2.75) is 25.7 Å². The first-order chi connectivity index (χ1) is 7.36. The molecule has 1 aromatic carbocycles. The summed E-state index contributed by atoms with van der Waals surface area (Å²) in [6.07, 6.45) is 0. The number of Topliss-reactive ketones (excluding diaryl/α,β-unsaturated/α-hetero) is 3. The molecule has 0 fully saturated rings. The summed E-state index contributed by atoms with van der Waals surface area (Å²) in [5, 5.41) is 0. The second-order valence-electron chi connectivity index (χ2n) is 3.55. The molecular weight excluding hydrogens is 290 g/mol. The van der Waals surface area contributed by atoms with Gasteiger partial charge >= 0.3 is 0 Å². The van der Waals surface area contributed by atoms with E-state index >= 15 is 0 Å². The maximum atomic E-state index is 11.5. The molecule has 0 aliphatic carbocycles. The minimum absolute atomic E-state index is 0. The summed E-state index contributed by atoms with van der Waals surface area (Å²) in [5.41, 5.74) is 0.673. The van der Waals surface area contributed by atoms with Crippen LogP contribution in [0.2, 0.25) is 0 Å².